The van der Waals surface area contributed by atoms with Gasteiger partial charge in [0.15, 0.2) is 0 Å². The first-order valence-corrected chi connectivity index (χ1v) is 6.68. The number of halogens is 2. The van der Waals surface area contributed by atoms with E-state index in [9.17, 15) is 13.6 Å². The average molecular weight is 303 g/mol. The van der Waals surface area contributed by atoms with Gasteiger partial charge >= 0.3 is 0 Å². The van der Waals surface area contributed by atoms with Crippen molar-refractivity contribution < 1.29 is 13.5 Å². The molecule has 0 atom stereocenters. The lowest BCUT2D eigenvalue weighted by molar-refractivity contribution is 0.126. The second kappa shape index (κ2) is 6.90. The highest BCUT2D eigenvalue weighted by Gasteiger charge is 2.13. The molecule has 0 bridgehead atoms. The second-order valence-electron chi connectivity index (χ2n) is 4.73. The Kier molecular flexibility index (Phi) is 4.95. The zero-order valence-corrected chi connectivity index (χ0v) is 12.1. The van der Waals surface area contributed by atoms with Crippen LogP contribution in [0.15, 0.2) is 41.2 Å². The zero-order chi connectivity index (χ0) is 16.1. The van der Waals surface area contributed by atoms with Crippen LogP contribution < -0.4 is 10.3 Å². The number of alkyl halides is 2. The normalized spacial score (nSPS) is 10.5. The number of pyridine rings is 1. The van der Waals surface area contributed by atoms with Crippen molar-refractivity contribution in [2.45, 2.75) is 19.9 Å². The molecule has 1 heterocycles. The van der Waals surface area contributed by atoms with Crippen LogP contribution in [0.1, 0.15) is 5.56 Å². The highest BCUT2D eigenvalue weighted by molar-refractivity contribution is 5.61. The van der Waals surface area contributed by atoms with E-state index in [-0.39, 0.29) is 6.61 Å². The Morgan fingerprint density at radius 3 is 2.50 bits per heavy atom. The average Bonchev–Trinajstić information content (AvgIpc) is 2.50. The van der Waals surface area contributed by atoms with Crippen LogP contribution in [-0.4, -0.2) is 17.6 Å². The first kappa shape index (κ1) is 15.8. The number of hydrogen-bond acceptors (Lipinski definition) is 2. The van der Waals surface area contributed by atoms with E-state index < -0.39 is 18.5 Å². The lowest BCUT2D eigenvalue weighted by Gasteiger charge is -2.14. The summed E-state index contributed by atoms with van der Waals surface area (Å²) < 4.78 is 31.8. The molecule has 0 saturated heterocycles. The Bertz CT molecular complexity index is 743. The van der Waals surface area contributed by atoms with Gasteiger partial charge in [0, 0.05) is 5.56 Å². The van der Waals surface area contributed by atoms with Gasteiger partial charge in [-0.15, -0.1) is 6.42 Å². The summed E-state index contributed by atoms with van der Waals surface area (Å²) in [6.45, 7) is 1.12. The SMILES string of the molecule is C#CCOc1ccc(-c2ccc(C)c(=O)n2CC(F)F)cc1. The van der Waals surface area contributed by atoms with Crippen molar-refractivity contribution in [2.24, 2.45) is 0 Å². The lowest BCUT2D eigenvalue weighted by Crippen LogP contribution is -2.26. The third-order valence-electron chi connectivity index (χ3n) is 3.16. The summed E-state index contributed by atoms with van der Waals surface area (Å²) in [5.74, 6) is 2.94. The summed E-state index contributed by atoms with van der Waals surface area (Å²) in [6.07, 6.45) is 2.51. The van der Waals surface area contributed by atoms with Gasteiger partial charge in [0.2, 0.25) is 0 Å². The Balaban J connectivity index is 2.42. The second-order valence-corrected chi connectivity index (χ2v) is 4.73. The van der Waals surface area contributed by atoms with Crippen molar-refractivity contribution in [3.8, 4) is 29.4 Å². The number of terminal acetylenes is 1. The third kappa shape index (κ3) is 3.53. The van der Waals surface area contributed by atoms with Gasteiger partial charge in [-0.3, -0.25) is 4.79 Å². The first-order chi connectivity index (χ1) is 10.5. The van der Waals surface area contributed by atoms with Crippen LogP contribution in [0.5, 0.6) is 5.75 Å². The molecule has 22 heavy (non-hydrogen) atoms. The van der Waals surface area contributed by atoms with Crippen LogP contribution in [0.4, 0.5) is 8.78 Å². The van der Waals surface area contributed by atoms with Crippen molar-refractivity contribution in [3.63, 3.8) is 0 Å². The summed E-state index contributed by atoms with van der Waals surface area (Å²) in [7, 11) is 0. The molecule has 0 aliphatic heterocycles. The van der Waals surface area contributed by atoms with E-state index in [2.05, 4.69) is 5.92 Å². The molecule has 0 saturated carbocycles. The lowest BCUT2D eigenvalue weighted by atomic mass is 10.1. The molecule has 0 N–H and O–H groups in total. The van der Waals surface area contributed by atoms with Gasteiger partial charge in [-0.25, -0.2) is 8.78 Å². The largest absolute Gasteiger partial charge is 0.481 e. The molecule has 0 spiro atoms. The summed E-state index contributed by atoms with van der Waals surface area (Å²) in [5.41, 5.74) is 1.12. The van der Waals surface area contributed by atoms with Crippen molar-refractivity contribution in [3.05, 3.63) is 52.3 Å². The van der Waals surface area contributed by atoms with Gasteiger partial charge in [0.05, 0.1) is 12.2 Å². The van der Waals surface area contributed by atoms with E-state index in [1.807, 2.05) is 0 Å². The maximum atomic E-state index is 12.7. The molecule has 0 unspecified atom stereocenters. The smallest absolute Gasteiger partial charge is 0.256 e. The summed E-state index contributed by atoms with van der Waals surface area (Å²) in [6, 6.07) is 10.1. The maximum absolute atomic E-state index is 12.7. The van der Waals surface area contributed by atoms with Gasteiger partial charge in [0.1, 0.15) is 12.4 Å². The minimum absolute atomic E-state index is 0.153. The summed E-state index contributed by atoms with van der Waals surface area (Å²) in [5, 5.41) is 0. The topological polar surface area (TPSA) is 31.2 Å². The van der Waals surface area contributed by atoms with Gasteiger partial charge in [-0.1, -0.05) is 12.0 Å². The molecule has 5 heteroatoms. The molecular formula is C17H15F2NO2. The fourth-order valence-electron chi connectivity index (χ4n) is 2.11. The van der Waals surface area contributed by atoms with Crippen LogP contribution in [0.25, 0.3) is 11.3 Å². The Hall–Kier alpha value is -2.61. The van der Waals surface area contributed by atoms with Crippen molar-refractivity contribution >= 4 is 0 Å². The number of benzene rings is 1. The number of rotatable bonds is 5. The van der Waals surface area contributed by atoms with E-state index >= 15 is 0 Å². The quantitative estimate of drug-likeness (QED) is 0.795. The first-order valence-electron chi connectivity index (χ1n) is 6.68. The molecule has 0 aliphatic carbocycles. The molecule has 114 valence electrons. The van der Waals surface area contributed by atoms with Crippen LogP contribution >= 0.6 is 0 Å². The van der Waals surface area contributed by atoms with Crippen molar-refractivity contribution in [1.82, 2.24) is 4.57 Å². The van der Waals surface area contributed by atoms with E-state index in [0.717, 1.165) is 4.57 Å². The number of nitrogens with zero attached hydrogens (tertiary/aromatic N) is 1. The minimum Gasteiger partial charge on any atom is -0.481 e. The molecule has 1 aromatic heterocycles. The summed E-state index contributed by atoms with van der Waals surface area (Å²) >= 11 is 0. The maximum Gasteiger partial charge on any atom is 0.256 e. The molecule has 1 aromatic carbocycles. The minimum atomic E-state index is -2.60. The third-order valence-corrected chi connectivity index (χ3v) is 3.16. The number of aryl methyl sites for hydroxylation is 1. The molecule has 0 radical (unpaired) electrons. The number of aromatic nitrogens is 1. The van der Waals surface area contributed by atoms with E-state index in [4.69, 9.17) is 11.2 Å². The Morgan fingerprint density at radius 2 is 1.91 bits per heavy atom. The van der Waals surface area contributed by atoms with Gasteiger partial charge in [-0.2, -0.15) is 0 Å². The Labute approximate surface area is 127 Å². The van der Waals surface area contributed by atoms with Gasteiger partial charge in [-0.05, 0) is 42.8 Å². The van der Waals surface area contributed by atoms with Gasteiger partial charge in [0.25, 0.3) is 12.0 Å². The molecule has 0 fully saturated rings. The van der Waals surface area contributed by atoms with Crippen LogP contribution in [0, 0.1) is 19.3 Å². The number of ether oxygens (including phenoxy) is 1. The summed E-state index contributed by atoms with van der Waals surface area (Å²) in [4.78, 5) is 12.1. The van der Waals surface area contributed by atoms with Crippen LogP contribution in [-0.2, 0) is 6.54 Å². The molecule has 2 rings (SSSR count). The highest BCUT2D eigenvalue weighted by atomic mass is 19.3. The fraction of sp³-hybridized carbons (Fsp3) is 0.235. The standard InChI is InChI=1S/C17H15F2NO2/c1-3-10-22-14-7-5-13(6-8-14)15-9-4-12(2)17(21)20(15)11-16(18)19/h1,4-9,16H,10-11H2,2H3. The van der Waals surface area contributed by atoms with Crippen LogP contribution in [0.3, 0.4) is 0 Å². The van der Waals surface area contributed by atoms with Crippen molar-refractivity contribution in [1.29, 1.82) is 0 Å². The zero-order valence-electron chi connectivity index (χ0n) is 12.1. The van der Waals surface area contributed by atoms with Crippen LogP contribution in [0.2, 0.25) is 0 Å². The van der Waals surface area contributed by atoms with Gasteiger partial charge < -0.3 is 9.30 Å². The molecular weight excluding hydrogens is 288 g/mol. The Morgan fingerprint density at radius 1 is 1.23 bits per heavy atom. The highest BCUT2D eigenvalue weighted by Crippen LogP contribution is 2.22. The molecule has 2 aromatic rings. The predicted octanol–water partition coefficient (Wildman–Crippen LogP) is 3.10. The predicted molar refractivity (Wildman–Crippen MR) is 81.2 cm³/mol. The number of hydrogen-bond donors (Lipinski definition) is 0. The van der Waals surface area contributed by atoms with Crippen molar-refractivity contribution in [2.75, 3.05) is 6.61 Å². The fourth-order valence-corrected chi connectivity index (χ4v) is 2.11. The molecule has 0 amide bonds. The molecule has 3 nitrogen and oxygen atoms in total. The monoisotopic (exact) mass is 303 g/mol. The molecule has 0 aliphatic rings. The van der Waals surface area contributed by atoms with E-state index in [1.165, 1.54) is 0 Å². The van der Waals surface area contributed by atoms with E-state index in [0.29, 0.717) is 22.6 Å². The van der Waals surface area contributed by atoms with E-state index in [1.54, 1.807) is 43.3 Å².